The molecule has 0 fully saturated rings. The highest BCUT2D eigenvalue weighted by atomic mass is 127. The molecule has 0 spiro atoms. The maximum absolute atomic E-state index is 11.3. The van der Waals surface area contributed by atoms with E-state index < -0.39 is 5.97 Å². The van der Waals surface area contributed by atoms with Crippen LogP contribution in [0.2, 0.25) is 0 Å². The summed E-state index contributed by atoms with van der Waals surface area (Å²) in [5, 5.41) is 19.3. The van der Waals surface area contributed by atoms with Crippen LogP contribution < -0.4 is 0 Å². The summed E-state index contributed by atoms with van der Waals surface area (Å²) in [5.74, 6) is -0.865. The number of hydrogen-bond donors (Lipinski definition) is 2. The summed E-state index contributed by atoms with van der Waals surface area (Å²) in [4.78, 5) is 11.3. The molecule has 0 amide bonds. The number of phenolic OH excluding ortho intramolecular Hbond substituents is 1. The van der Waals surface area contributed by atoms with E-state index in [0.717, 1.165) is 29.1 Å². The minimum atomic E-state index is -0.752. The van der Waals surface area contributed by atoms with Gasteiger partial charge in [-0.25, -0.2) is 0 Å². The lowest BCUT2D eigenvalue weighted by molar-refractivity contribution is -0.142. The summed E-state index contributed by atoms with van der Waals surface area (Å²) in [5.41, 5.74) is 0.947. The number of carboxylic acid groups (broad SMARTS) is 1. The summed E-state index contributed by atoms with van der Waals surface area (Å²) in [6, 6.07) is 1.90. The number of aromatic hydroxyl groups is 1. The smallest absolute Gasteiger partial charge is 0.306 e. The first kappa shape index (κ1) is 17.7. The number of rotatable bonds is 6. The first-order valence-electron chi connectivity index (χ1n) is 5.96. The summed E-state index contributed by atoms with van der Waals surface area (Å²) in [6.07, 6.45) is 3.08. The number of carboxylic acids is 1. The van der Waals surface area contributed by atoms with Crippen LogP contribution in [0, 0.1) is 16.6 Å². The van der Waals surface area contributed by atoms with Crippen molar-refractivity contribution in [3.8, 4) is 5.75 Å². The molecule has 106 valence electrons. The van der Waals surface area contributed by atoms with Gasteiger partial charge in [-0.1, -0.05) is 19.8 Å². The SMILES string of the molecule is CCCCC(Cc1c(I)cc(I)c(O)c1I)C(=O)O. The number of halogens is 3. The van der Waals surface area contributed by atoms with Gasteiger partial charge in [-0.05, 0) is 92.2 Å². The Labute approximate surface area is 154 Å². The fourth-order valence-electron chi connectivity index (χ4n) is 1.82. The molecule has 0 aliphatic heterocycles. The maximum Gasteiger partial charge on any atom is 0.306 e. The van der Waals surface area contributed by atoms with E-state index in [1.54, 1.807) is 0 Å². The molecule has 0 aliphatic carbocycles. The number of unbranched alkanes of at least 4 members (excludes halogenated alkanes) is 1. The van der Waals surface area contributed by atoms with Crippen LogP contribution >= 0.6 is 67.8 Å². The Morgan fingerprint density at radius 1 is 1.32 bits per heavy atom. The second-order valence-corrected chi connectivity index (χ2v) is 7.77. The number of carbonyl (C=O) groups is 1. The molecule has 3 nitrogen and oxygen atoms in total. The molecule has 1 aromatic carbocycles. The third-order valence-electron chi connectivity index (χ3n) is 2.95. The van der Waals surface area contributed by atoms with Gasteiger partial charge in [-0.2, -0.15) is 0 Å². The van der Waals surface area contributed by atoms with Gasteiger partial charge < -0.3 is 10.2 Å². The van der Waals surface area contributed by atoms with Gasteiger partial charge in [0.1, 0.15) is 5.75 Å². The van der Waals surface area contributed by atoms with Crippen LogP contribution in [0.1, 0.15) is 31.7 Å². The molecule has 0 heterocycles. The number of benzene rings is 1. The van der Waals surface area contributed by atoms with Crippen molar-refractivity contribution < 1.29 is 15.0 Å². The van der Waals surface area contributed by atoms with E-state index in [1.807, 2.05) is 6.07 Å². The molecule has 0 bridgehead atoms. The molecule has 0 saturated carbocycles. The zero-order chi connectivity index (χ0) is 14.6. The molecule has 0 saturated heterocycles. The van der Waals surface area contributed by atoms with Crippen molar-refractivity contribution in [2.75, 3.05) is 0 Å². The lowest BCUT2D eigenvalue weighted by Gasteiger charge is -2.16. The van der Waals surface area contributed by atoms with Crippen molar-refractivity contribution in [1.29, 1.82) is 0 Å². The van der Waals surface area contributed by atoms with E-state index in [1.165, 1.54) is 0 Å². The van der Waals surface area contributed by atoms with Crippen molar-refractivity contribution in [3.05, 3.63) is 22.3 Å². The lowest BCUT2D eigenvalue weighted by Crippen LogP contribution is -2.18. The van der Waals surface area contributed by atoms with E-state index in [4.69, 9.17) is 0 Å². The van der Waals surface area contributed by atoms with Crippen molar-refractivity contribution in [2.45, 2.75) is 32.6 Å². The zero-order valence-electron chi connectivity index (χ0n) is 10.4. The zero-order valence-corrected chi connectivity index (χ0v) is 16.9. The van der Waals surface area contributed by atoms with Gasteiger partial charge in [0.15, 0.2) is 0 Å². The van der Waals surface area contributed by atoms with E-state index in [0.29, 0.717) is 12.8 Å². The quantitative estimate of drug-likeness (QED) is 0.469. The summed E-state index contributed by atoms with van der Waals surface area (Å²) in [7, 11) is 0. The Morgan fingerprint density at radius 3 is 2.47 bits per heavy atom. The Morgan fingerprint density at radius 2 is 1.95 bits per heavy atom. The summed E-state index contributed by atoms with van der Waals surface area (Å²) < 4.78 is 2.60. The predicted octanol–water partition coefficient (Wildman–Crippen LogP) is 4.64. The molecule has 1 unspecified atom stereocenters. The third-order valence-corrected chi connectivity index (χ3v) is 5.89. The van der Waals surface area contributed by atoms with Crippen LogP contribution in [0.3, 0.4) is 0 Å². The Bertz CT molecular complexity index is 475. The average molecular weight is 600 g/mol. The Balaban J connectivity index is 3.03. The molecule has 1 atom stereocenters. The van der Waals surface area contributed by atoms with Crippen molar-refractivity contribution >= 4 is 73.7 Å². The first-order chi connectivity index (χ1) is 8.88. The van der Waals surface area contributed by atoms with Gasteiger partial charge in [-0.15, -0.1) is 0 Å². The monoisotopic (exact) mass is 600 g/mol. The standard InChI is InChI=1S/C13H15I3O3/c1-2-3-4-7(13(18)19)5-8-9(14)6-10(15)12(17)11(8)16/h6-7,17H,2-5H2,1H3,(H,18,19). The number of hydrogen-bond acceptors (Lipinski definition) is 2. The van der Waals surface area contributed by atoms with Crippen LogP contribution in [-0.4, -0.2) is 16.2 Å². The van der Waals surface area contributed by atoms with Crippen LogP contribution in [0.4, 0.5) is 0 Å². The molecule has 0 radical (unpaired) electrons. The van der Waals surface area contributed by atoms with Crippen molar-refractivity contribution in [3.63, 3.8) is 0 Å². The van der Waals surface area contributed by atoms with Crippen LogP contribution in [-0.2, 0) is 11.2 Å². The highest BCUT2D eigenvalue weighted by Crippen LogP contribution is 2.34. The number of phenols is 1. The fraction of sp³-hybridized carbons (Fsp3) is 0.462. The first-order valence-corrected chi connectivity index (χ1v) is 9.20. The highest BCUT2D eigenvalue weighted by molar-refractivity contribution is 14.1. The molecule has 0 aromatic heterocycles. The molecular formula is C13H15I3O3. The van der Waals surface area contributed by atoms with Gasteiger partial charge in [0.2, 0.25) is 0 Å². The summed E-state index contributed by atoms with van der Waals surface area (Å²) in [6.45, 7) is 2.06. The van der Waals surface area contributed by atoms with Gasteiger partial charge in [0.25, 0.3) is 0 Å². The topological polar surface area (TPSA) is 57.5 Å². The second kappa shape index (κ2) is 8.20. The van der Waals surface area contributed by atoms with E-state index in [-0.39, 0.29) is 11.7 Å². The summed E-state index contributed by atoms with van der Waals surface area (Å²) >= 11 is 6.39. The normalized spacial score (nSPS) is 12.4. The maximum atomic E-state index is 11.3. The van der Waals surface area contributed by atoms with Crippen molar-refractivity contribution in [1.82, 2.24) is 0 Å². The van der Waals surface area contributed by atoms with Crippen LogP contribution in [0.15, 0.2) is 6.07 Å². The van der Waals surface area contributed by atoms with Gasteiger partial charge >= 0.3 is 5.97 Å². The van der Waals surface area contributed by atoms with Crippen LogP contribution in [0.5, 0.6) is 5.75 Å². The Hall–Kier alpha value is 0.680. The fourth-order valence-corrected chi connectivity index (χ4v) is 5.63. The highest BCUT2D eigenvalue weighted by Gasteiger charge is 2.22. The molecule has 19 heavy (non-hydrogen) atoms. The van der Waals surface area contributed by atoms with E-state index >= 15 is 0 Å². The average Bonchev–Trinajstić information content (AvgIpc) is 2.35. The predicted molar refractivity (Wildman–Crippen MR) is 101 cm³/mol. The lowest BCUT2D eigenvalue weighted by atomic mass is 9.94. The third kappa shape index (κ3) is 4.87. The minimum Gasteiger partial charge on any atom is -0.506 e. The minimum absolute atomic E-state index is 0.260. The molecule has 0 aliphatic rings. The largest absolute Gasteiger partial charge is 0.506 e. The van der Waals surface area contributed by atoms with Gasteiger partial charge in [-0.3, -0.25) is 4.79 Å². The molecule has 6 heteroatoms. The van der Waals surface area contributed by atoms with E-state index in [2.05, 4.69) is 74.7 Å². The molecule has 2 N–H and O–H groups in total. The second-order valence-electron chi connectivity index (χ2n) is 4.36. The Kier molecular flexibility index (Phi) is 7.65. The van der Waals surface area contributed by atoms with Gasteiger partial charge in [0, 0.05) is 3.57 Å². The molecule has 1 rings (SSSR count). The van der Waals surface area contributed by atoms with Gasteiger partial charge in [0.05, 0.1) is 13.1 Å². The molecular weight excluding hydrogens is 585 g/mol. The van der Waals surface area contributed by atoms with Crippen LogP contribution in [0.25, 0.3) is 0 Å². The molecule has 1 aromatic rings. The van der Waals surface area contributed by atoms with Crippen molar-refractivity contribution in [2.24, 2.45) is 5.92 Å². The number of aliphatic carboxylic acids is 1. The van der Waals surface area contributed by atoms with E-state index in [9.17, 15) is 15.0 Å².